The number of pyridine rings is 1. The molecule has 128 valence electrons. The summed E-state index contributed by atoms with van der Waals surface area (Å²) in [5.41, 5.74) is 2.85. The van der Waals surface area contributed by atoms with Crippen molar-refractivity contribution in [2.24, 2.45) is 0 Å². The van der Waals surface area contributed by atoms with Crippen LogP contribution in [0.5, 0.6) is 0 Å². The van der Waals surface area contributed by atoms with Crippen LogP contribution in [0.25, 0.3) is 10.9 Å². The van der Waals surface area contributed by atoms with Crippen molar-refractivity contribution in [3.05, 3.63) is 45.7 Å². The molecule has 0 bridgehead atoms. The van der Waals surface area contributed by atoms with Gasteiger partial charge >= 0.3 is 6.09 Å². The lowest BCUT2D eigenvalue weighted by molar-refractivity contribution is 0.0888. The van der Waals surface area contributed by atoms with Gasteiger partial charge in [-0.2, -0.15) is 0 Å². The van der Waals surface area contributed by atoms with E-state index >= 15 is 0 Å². The molecule has 0 atom stereocenters. The van der Waals surface area contributed by atoms with Crippen LogP contribution in [0.1, 0.15) is 18.1 Å². The number of hydrogen-bond acceptors (Lipinski definition) is 4. The molecular weight excluding hydrogens is 306 g/mol. The summed E-state index contributed by atoms with van der Waals surface area (Å²) in [5.74, 6) is 0. The van der Waals surface area contributed by atoms with Gasteiger partial charge in [0, 0.05) is 43.8 Å². The standard InChI is InChI=1S/C18H23N3O3/c1-3-13-4-5-16-14(10-13)11-15(17(22)19-16)12-20-6-8-21(9-7-20)18(23)24-2/h4-5,10-11H,3,6-9,12H2,1-2H3,(H,19,22). The van der Waals surface area contributed by atoms with E-state index in [2.05, 4.69) is 22.9 Å². The number of benzene rings is 1. The van der Waals surface area contributed by atoms with Crippen molar-refractivity contribution in [2.75, 3.05) is 33.3 Å². The molecule has 0 radical (unpaired) electrons. The first kappa shape index (κ1) is 16.5. The highest BCUT2D eigenvalue weighted by Gasteiger charge is 2.22. The van der Waals surface area contributed by atoms with Crippen LogP contribution >= 0.6 is 0 Å². The quantitative estimate of drug-likeness (QED) is 0.935. The van der Waals surface area contributed by atoms with Crippen LogP contribution in [-0.4, -0.2) is 54.2 Å². The van der Waals surface area contributed by atoms with E-state index in [-0.39, 0.29) is 11.7 Å². The third-order valence-electron chi connectivity index (χ3n) is 4.59. The highest BCUT2D eigenvalue weighted by Crippen LogP contribution is 2.15. The molecule has 0 saturated carbocycles. The Kier molecular flexibility index (Phi) is 4.85. The fraction of sp³-hybridized carbons (Fsp3) is 0.444. The van der Waals surface area contributed by atoms with Crippen molar-refractivity contribution in [3.63, 3.8) is 0 Å². The van der Waals surface area contributed by atoms with E-state index in [1.807, 2.05) is 18.2 Å². The molecule has 24 heavy (non-hydrogen) atoms. The smallest absolute Gasteiger partial charge is 0.409 e. The Morgan fingerprint density at radius 2 is 1.96 bits per heavy atom. The maximum atomic E-state index is 12.3. The van der Waals surface area contributed by atoms with Gasteiger partial charge in [-0.25, -0.2) is 4.79 Å². The molecule has 0 unspecified atom stereocenters. The second kappa shape index (κ2) is 7.05. The number of amides is 1. The van der Waals surface area contributed by atoms with Gasteiger partial charge in [-0.15, -0.1) is 0 Å². The largest absolute Gasteiger partial charge is 0.453 e. The fourth-order valence-corrected chi connectivity index (χ4v) is 3.10. The predicted octanol–water partition coefficient (Wildman–Crippen LogP) is 1.97. The fourth-order valence-electron chi connectivity index (χ4n) is 3.10. The minimum absolute atomic E-state index is 0.0397. The zero-order chi connectivity index (χ0) is 17.1. The number of nitrogens with zero attached hydrogens (tertiary/aromatic N) is 2. The number of aryl methyl sites for hydroxylation is 1. The molecule has 1 saturated heterocycles. The molecule has 1 aliphatic rings. The van der Waals surface area contributed by atoms with E-state index in [4.69, 9.17) is 4.74 Å². The normalized spacial score (nSPS) is 15.7. The van der Waals surface area contributed by atoms with E-state index in [1.54, 1.807) is 4.90 Å². The Labute approximate surface area is 141 Å². The maximum Gasteiger partial charge on any atom is 0.409 e. The second-order valence-corrected chi connectivity index (χ2v) is 6.13. The van der Waals surface area contributed by atoms with E-state index in [0.717, 1.165) is 36.0 Å². The molecule has 1 aliphatic heterocycles. The Morgan fingerprint density at radius 3 is 2.62 bits per heavy atom. The van der Waals surface area contributed by atoms with Gasteiger partial charge in [-0.05, 0) is 35.6 Å². The van der Waals surface area contributed by atoms with Gasteiger partial charge in [0.05, 0.1) is 7.11 Å². The maximum absolute atomic E-state index is 12.3. The Hall–Kier alpha value is -2.34. The first-order chi connectivity index (χ1) is 11.6. The minimum atomic E-state index is -0.287. The van der Waals surface area contributed by atoms with Crippen molar-refractivity contribution < 1.29 is 9.53 Å². The van der Waals surface area contributed by atoms with Crippen LogP contribution in [-0.2, 0) is 17.7 Å². The Morgan fingerprint density at radius 1 is 1.21 bits per heavy atom. The summed E-state index contributed by atoms with van der Waals surface area (Å²) in [4.78, 5) is 30.7. The molecule has 1 amide bonds. The molecule has 0 aliphatic carbocycles. The number of aromatic nitrogens is 1. The highest BCUT2D eigenvalue weighted by molar-refractivity contribution is 5.79. The zero-order valence-corrected chi connectivity index (χ0v) is 14.2. The molecule has 6 heteroatoms. The highest BCUT2D eigenvalue weighted by atomic mass is 16.5. The lowest BCUT2D eigenvalue weighted by Crippen LogP contribution is -2.48. The van der Waals surface area contributed by atoms with Gasteiger partial charge in [-0.3, -0.25) is 9.69 Å². The van der Waals surface area contributed by atoms with Gasteiger partial charge in [0.1, 0.15) is 0 Å². The van der Waals surface area contributed by atoms with Crippen molar-refractivity contribution in [2.45, 2.75) is 19.9 Å². The Bertz CT molecular complexity index is 792. The summed E-state index contributed by atoms with van der Waals surface area (Å²) in [6.07, 6.45) is 0.685. The number of carbonyl (C=O) groups excluding carboxylic acids is 1. The number of ether oxygens (including phenoxy) is 1. The molecule has 6 nitrogen and oxygen atoms in total. The average molecular weight is 329 g/mol. The molecule has 1 fully saturated rings. The van der Waals surface area contributed by atoms with Gasteiger partial charge in [0.2, 0.25) is 0 Å². The van der Waals surface area contributed by atoms with Crippen LogP contribution in [0.2, 0.25) is 0 Å². The lowest BCUT2D eigenvalue weighted by Gasteiger charge is -2.33. The number of piperazine rings is 1. The Balaban J connectivity index is 1.74. The number of fused-ring (bicyclic) bond motifs is 1. The summed E-state index contributed by atoms with van der Waals surface area (Å²) in [6, 6.07) is 8.13. The van der Waals surface area contributed by atoms with Crippen LogP contribution in [0.4, 0.5) is 4.79 Å². The van der Waals surface area contributed by atoms with E-state index < -0.39 is 0 Å². The van der Waals surface area contributed by atoms with Crippen molar-refractivity contribution >= 4 is 17.0 Å². The number of aromatic amines is 1. The first-order valence-electron chi connectivity index (χ1n) is 8.30. The van der Waals surface area contributed by atoms with E-state index in [1.165, 1.54) is 12.7 Å². The number of hydrogen-bond donors (Lipinski definition) is 1. The number of rotatable bonds is 3. The van der Waals surface area contributed by atoms with Gasteiger partial charge in [-0.1, -0.05) is 13.0 Å². The van der Waals surface area contributed by atoms with Crippen molar-refractivity contribution in [3.8, 4) is 0 Å². The predicted molar refractivity (Wildman–Crippen MR) is 93.2 cm³/mol. The van der Waals surface area contributed by atoms with Crippen molar-refractivity contribution in [1.82, 2.24) is 14.8 Å². The number of nitrogens with one attached hydrogen (secondary N) is 1. The number of carbonyl (C=O) groups is 1. The summed E-state index contributed by atoms with van der Waals surface area (Å²) in [7, 11) is 1.40. The van der Waals surface area contributed by atoms with Crippen LogP contribution in [0, 0.1) is 0 Å². The van der Waals surface area contributed by atoms with Crippen LogP contribution in [0.15, 0.2) is 29.1 Å². The van der Waals surface area contributed by atoms with Gasteiger partial charge in [0.15, 0.2) is 0 Å². The molecule has 1 N–H and O–H groups in total. The third-order valence-corrected chi connectivity index (χ3v) is 4.59. The third kappa shape index (κ3) is 3.43. The summed E-state index contributed by atoms with van der Waals surface area (Å²) in [5, 5.41) is 1.07. The van der Waals surface area contributed by atoms with E-state index in [0.29, 0.717) is 19.6 Å². The van der Waals surface area contributed by atoms with Gasteiger partial charge in [0.25, 0.3) is 5.56 Å². The van der Waals surface area contributed by atoms with Gasteiger partial charge < -0.3 is 14.6 Å². The zero-order valence-electron chi connectivity index (χ0n) is 14.2. The molecule has 3 rings (SSSR count). The summed E-state index contributed by atoms with van der Waals surface area (Å²) in [6.45, 7) is 5.44. The average Bonchev–Trinajstić information content (AvgIpc) is 2.62. The van der Waals surface area contributed by atoms with Crippen molar-refractivity contribution in [1.29, 1.82) is 0 Å². The molecule has 0 spiro atoms. The molecular formula is C18H23N3O3. The summed E-state index contributed by atoms with van der Waals surface area (Å²) < 4.78 is 4.75. The van der Waals surface area contributed by atoms with Crippen LogP contribution < -0.4 is 5.56 Å². The topological polar surface area (TPSA) is 65.6 Å². The lowest BCUT2D eigenvalue weighted by atomic mass is 10.1. The number of methoxy groups -OCH3 is 1. The summed E-state index contributed by atoms with van der Waals surface area (Å²) >= 11 is 0. The minimum Gasteiger partial charge on any atom is -0.453 e. The second-order valence-electron chi connectivity index (χ2n) is 6.13. The molecule has 1 aromatic carbocycles. The van der Waals surface area contributed by atoms with E-state index in [9.17, 15) is 9.59 Å². The SMILES string of the molecule is CCc1ccc2[nH]c(=O)c(CN3CCN(C(=O)OC)CC3)cc2c1. The number of H-pyrrole nitrogens is 1. The monoisotopic (exact) mass is 329 g/mol. The first-order valence-corrected chi connectivity index (χ1v) is 8.30. The molecule has 1 aromatic heterocycles. The van der Waals surface area contributed by atoms with Crippen LogP contribution in [0.3, 0.4) is 0 Å². The molecule has 2 aromatic rings. The molecule has 2 heterocycles.